The van der Waals surface area contributed by atoms with E-state index in [9.17, 15) is 14.0 Å². The van der Waals surface area contributed by atoms with Crippen LogP contribution in [-0.4, -0.2) is 32.1 Å². The summed E-state index contributed by atoms with van der Waals surface area (Å²) in [4.78, 5) is 23.8. The molecule has 1 atom stereocenters. The predicted molar refractivity (Wildman–Crippen MR) is 109 cm³/mol. The van der Waals surface area contributed by atoms with Crippen LogP contribution in [-0.2, 0) is 16.0 Å². The average molecular weight is 400 g/mol. The van der Waals surface area contributed by atoms with Crippen LogP contribution >= 0.6 is 0 Å². The number of nitrogens with one attached hydrogen (secondary N) is 1. The summed E-state index contributed by atoms with van der Waals surface area (Å²) in [5.41, 5.74) is 6.96. The lowest BCUT2D eigenvalue weighted by Gasteiger charge is -2.14. The molecule has 0 bridgehead atoms. The van der Waals surface area contributed by atoms with Crippen molar-refractivity contribution < 1.29 is 23.5 Å². The summed E-state index contributed by atoms with van der Waals surface area (Å²) in [6.07, 6.45) is 3.31. The fourth-order valence-electron chi connectivity index (χ4n) is 2.70. The molecule has 2 aromatic rings. The van der Waals surface area contributed by atoms with Crippen molar-refractivity contribution >= 4 is 17.9 Å². The molecule has 0 radical (unpaired) electrons. The summed E-state index contributed by atoms with van der Waals surface area (Å²) in [5.74, 6) is -0.639. The minimum absolute atomic E-state index is 0.0858. The van der Waals surface area contributed by atoms with Gasteiger partial charge in [0.1, 0.15) is 5.82 Å². The van der Waals surface area contributed by atoms with E-state index in [1.807, 2.05) is 6.92 Å². The summed E-state index contributed by atoms with van der Waals surface area (Å²) in [5, 5.41) is 2.67. The van der Waals surface area contributed by atoms with Gasteiger partial charge in [-0.2, -0.15) is 0 Å². The van der Waals surface area contributed by atoms with Gasteiger partial charge in [0.2, 0.25) is 11.8 Å². The molecule has 2 amide bonds. The molecular formula is C22H25FN2O4. The number of amides is 2. The maximum atomic E-state index is 13.0. The predicted octanol–water partition coefficient (Wildman–Crippen LogP) is 2.71. The average Bonchev–Trinajstić information content (AvgIpc) is 2.71. The van der Waals surface area contributed by atoms with Crippen molar-refractivity contribution in [2.75, 3.05) is 20.3 Å². The second kappa shape index (κ2) is 10.8. The van der Waals surface area contributed by atoms with Crippen molar-refractivity contribution in [2.45, 2.75) is 13.3 Å². The summed E-state index contributed by atoms with van der Waals surface area (Å²) in [6.45, 7) is 2.49. The molecule has 154 valence electrons. The highest BCUT2D eigenvalue weighted by molar-refractivity contribution is 5.92. The first-order chi connectivity index (χ1) is 13.9. The van der Waals surface area contributed by atoms with Gasteiger partial charge in [0.15, 0.2) is 11.5 Å². The van der Waals surface area contributed by atoms with Crippen LogP contribution in [0.5, 0.6) is 11.5 Å². The lowest BCUT2D eigenvalue weighted by Crippen LogP contribution is -2.36. The van der Waals surface area contributed by atoms with Gasteiger partial charge in [-0.05, 0) is 54.8 Å². The van der Waals surface area contributed by atoms with Gasteiger partial charge in [-0.3, -0.25) is 9.59 Å². The molecule has 2 rings (SSSR count). The molecule has 0 spiro atoms. The van der Waals surface area contributed by atoms with Crippen LogP contribution in [0.3, 0.4) is 0 Å². The number of rotatable bonds is 10. The first kappa shape index (κ1) is 21.9. The van der Waals surface area contributed by atoms with Crippen molar-refractivity contribution in [1.29, 1.82) is 0 Å². The minimum Gasteiger partial charge on any atom is -0.493 e. The number of nitrogens with two attached hydrogens (primary N) is 1. The van der Waals surface area contributed by atoms with Crippen LogP contribution in [0.15, 0.2) is 48.5 Å². The van der Waals surface area contributed by atoms with E-state index < -0.39 is 11.8 Å². The first-order valence-corrected chi connectivity index (χ1v) is 9.23. The van der Waals surface area contributed by atoms with Gasteiger partial charge in [0.25, 0.3) is 0 Å². The van der Waals surface area contributed by atoms with Gasteiger partial charge in [-0.25, -0.2) is 4.39 Å². The number of methoxy groups -OCH3 is 1. The Bertz CT molecular complexity index is 866. The van der Waals surface area contributed by atoms with E-state index in [4.69, 9.17) is 15.2 Å². The van der Waals surface area contributed by atoms with E-state index in [1.165, 1.54) is 18.2 Å². The summed E-state index contributed by atoms with van der Waals surface area (Å²) < 4.78 is 23.7. The Morgan fingerprint density at radius 3 is 2.52 bits per heavy atom. The Morgan fingerprint density at radius 2 is 1.90 bits per heavy atom. The van der Waals surface area contributed by atoms with Crippen LogP contribution in [0.2, 0.25) is 0 Å². The molecule has 3 N–H and O–H groups in total. The van der Waals surface area contributed by atoms with E-state index in [-0.39, 0.29) is 18.3 Å². The van der Waals surface area contributed by atoms with Crippen LogP contribution in [0, 0.1) is 11.7 Å². The molecule has 0 saturated carbocycles. The fraction of sp³-hybridized carbons (Fsp3) is 0.273. The van der Waals surface area contributed by atoms with Gasteiger partial charge < -0.3 is 20.5 Å². The fourth-order valence-corrected chi connectivity index (χ4v) is 2.70. The topological polar surface area (TPSA) is 90.6 Å². The van der Waals surface area contributed by atoms with E-state index in [2.05, 4.69) is 5.32 Å². The van der Waals surface area contributed by atoms with E-state index in [0.29, 0.717) is 24.5 Å². The third kappa shape index (κ3) is 6.95. The van der Waals surface area contributed by atoms with Crippen molar-refractivity contribution in [1.82, 2.24) is 5.32 Å². The molecule has 0 aromatic heterocycles. The van der Waals surface area contributed by atoms with Crippen LogP contribution in [0.25, 0.3) is 6.08 Å². The van der Waals surface area contributed by atoms with E-state index >= 15 is 0 Å². The SMILES string of the molecule is CCOc1ccc(/C=C/C(=O)NCC(Cc2ccc(F)cc2)C(N)=O)cc1OC. The second-order valence-corrected chi connectivity index (χ2v) is 6.35. The quantitative estimate of drug-likeness (QED) is 0.600. The molecule has 0 fully saturated rings. The van der Waals surface area contributed by atoms with E-state index in [1.54, 1.807) is 43.5 Å². The lowest BCUT2D eigenvalue weighted by atomic mass is 9.98. The van der Waals surface area contributed by atoms with Crippen LogP contribution in [0.1, 0.15) is 18.1 Å². The third-order valence-electron chi connectivity index (χ3n) is 4.24. The van der Waals surface area contributed by atoms with Gasteiger partial charge in [-0.1, -0.05) is 18.2 Å². The van der Waals surface area contributed by atoms with Crippen LogP contribution < -0.4 is 20.5 Å². The van der Waals surface area contributed by atoms with Gasteiger partial charge in [0.05, 0.1) is 19.6 Å². The zero-order valence-corrected chi connectivity index (χ0v) is 16.5. The highest BCUT2D eigenvalue weighted by Crippen LogP contribution is 2.28. The molecular weight excluding hydrogens is 375 g/mol. The Labute approximate surface area is 169 Å². The minimum atomic E-state index is -0.594. The number of halogens is 1. The molecule has 0 aliphatic heterocycles. The molecule has 29 heavy (non-hydrogen) atoms. The summed E-state index contributed by atoms with van der Waals surface area (Å²) in [7, 11) is 1.54. The standard InChI is InChI=1S/C22H25FN2O4/c1-3-29-19-10-6-16(13-20(19)28-2)7-11-21(26)25-14-17(22(24)27)12-15-4-8-18(23)9-5-15/h4-11,13,17H,3,12,14H2,1-2H3,(H2,24,27)(H,25,26)/b11-7+. The monoisotopic (exact) mass is 400 g/mol. The largest absolute Gasteiger partial charge is 0.493 e. The maximum Gasteiger partial charge on any atom is 0.244 e. The molecule has 0 aliphatic carbocycles. The van der Waals surface area contributed by atoms with Crippen molar-refractivity contribution in [3.05, 3.63) is 65.5 Å². The Hall–Kier alpha value is -3.35. The van der Waals surface area contributed by atoms with Gasteiger partial charge >= 0.3 is 0 Å². The molecule has 0 aliphatic rings. The first-order valence-electron chi connectivity index (χ1n) is 9.23. The Kier molecular flexibility index (Phi) is 8.21. The van der Waals surface area contributed by atoms with Crippen molar-refractivity contribution in [3.63, 3.8) is 0 Å². The molecule has 0 heterocycles. The highest BCUT2D eigenvalue weighted by atomic mass is 19.1. The molecule has 0 saturated heterocycles. The smallest absolute Gasteiger partial charge is 0.244 e. The molecule has 2 aromatic carbocycles. The zero-order chi connectivity index (χ0) is 21.2. The Morgan fingerprint density at radius 1 is 1.17 bits per heavy atom. The van der Waals surface area contributed by atoms with E-state index in [0.717, 1.165) is 11.1 Å². The van der Waals surface area contributed by atoms with Crippen molar-refractivity contribution in [2.24, 2.45) is 11.7 Å². The van der Waals surface area contributed by atoms with Gasteiger partial charge in [0, 0.05) is 12.6 Å². The highest BCUT2D eigenvalue weighted by Gasteiger charge is 2.16. The number of carbonyl (C=O) groups is 2. The lowest BCUT2D eigenvalue weighted by molar-refractivity contribution is -0.122. The number of ether oxygens (including phenoxy) is 2. The maximum absolute atomic E-state index is 13.0. The van der Waals surface area contributed by atoms with Gasteiger partial charge in [-0.15, -0.1) is 0 Å². The Balaban J connectivity index is 1.94. The number of benzene rings is 2. The molecule has 7 heteroatoms. The normalized spacial score (nSPS) is 11.8. The number of carbonyl (C=O) groups excluding carboxylic acids is 2. The van der Waals surface area contributed by atoms with Crippen molar-refractivity contribution in [3.8, 4) is 11.5 Å². The molecule has 6 nitrogen and oxygen atoms in total. The second-order valence-electron chi connectivity index (χ2n) is 6.35. The zero-order valence-electron chi connectivity index (χ0n) is 16.5. The number of hydrogen-bond donors (Lipinski definition) is 2. The summed E-state index contributed by atoms with van der Waals surface area (Å²) in [6, 6.07) is 11.2. The number of primary amides is 1. The number of hydrogen-bond acceptors (Lipinski definition) is 4. The third-order valence-corrected chi connectivity index (χ3v) is 4.24. The molecule has 1 unspecified atom stereocenters. The van der Waals surface area contributed by atoms with Crippen LogP contribution in [0.4, 0.5) is 4.39 Å². The summed E-state index contributed by atoms with van der Waals surface area (Å²) >= 11 is 0.